The van der Waals surface area contributed by atoms with Gasteiger partial charge in [0.1, 0.15) is 6.61 Å². The van der Waals surface area contributed by atoms with E-state index >= 15 is 0 Å². The van der Waals surface area contributed by atoms with Gasteiger partial charge >= 0.3 is 12.1 Å². The van der Waals surface area contributed by atoms with Gasteiger partial charge in [-0.05, 0) is 23.8 Å². The second-order valence-electron chi connectivity index (χ2n) is 6.10. The highest BCUT2D eigenvalue weighted by Crippen LogP contribution is 2.28. The summed E-state index contributed by atoms with van der Waals surface area (Å²) in [6.45, 7) is 12.5. The van der Waals surface area contributed by atoms with Crippen molar-refractivity contribution in [2.24, 2.45) is 17.8 Å². The molecule has 1 saturated heterocycles. The summed E-state index contributed by atoms with van der Waals surface area (Å²) < 4.78 is 10.2. The molecule has 0 aliphatic carbocycles. The Morgan fingerprint density at radius 3 is 2.52 bits per heavy atom. The summed E-state index contributed by atoms with van der Waals surface area (Å²) in [4.78, 5) is 25.8. The molecular weight excluding hydrogens is 294 g/mol. The molecule has 1 heterocycles. The number of likely N-dealkylation sites (tertiary alicyclic amines) is 1. The van der Waals surface area contributed by atoms with Crippen LogP contribution in [0.5, 0.6) is 0 Å². The van der Waals surface area contributed by atoms with Gasteiger partial charge in [-0.1, -0.05) is 45.2 Å². The van der Waals surface area contributed by atoms with Gasteiger partial charge in [0.25, 0.3) is 0 Å². The molecule has 2 unspecified atom stereocenters. The Morgan fingerprint density at radius 1 is 1.30 bits per heavy atom. The second-order valence-corrected chi connectivity index (χ2v) is 6.10. The van der Waals surface area contributed by atoms with Crippen molar-refractivity contribution in [3.63, 3.8) is 0 Å². The van der Waals surface area contributed by atoms with Crippen molar-refractivity contribution >= 4 is 12.1 Å². The molecule has 0 aromatic rings. The number of methoxy groups -OCH3 is 1. The predicted molar refractivity (Wildman–Crippen MR) is 89.8 cm³/mol. The summed E-state index contributed by atoms with van der Waals surface area (Å²) >= 11 is 0. The molecule has 1 aliphatic heterocycles. The van der Waals surface area contributed by atoms with E-state index in [2.05, 4.69) is 27.0 Å². The van der Waals surface area contributed by atoms with Crippen molar-refractivity contribution in [3.05, 3.63) is 37.0 Å². The summed E-state index contributed by atoms with van der Waals surface area (Å²) in [6.07, 6.45) is 5.31. The van der Waals surface area contributed by atoms with Crippen molar-refractivity contribution in [3.8, 4) is 0 Å². The van der Waals surface area contributed by atoms with Gasteiger partial charge in [0.05, 0.1) is 13.0 Å². The van der Waals surface area contributed by atoms with Crippen LogP contribution in [0.3, 0.4) is 0 Å². The summed E-state index contributed by atoms with van der Waals surface area (Å²) in [5.41, 5.74) is 0.773. The normalized spacial score (nSPS) is 21.7. The molecule has 5 nitrogen and oxygen atoms in total. The van der Waals surface area contributed by atoms with E-state index in [9.17, 15) is 9.59 Å². The number of rotatable bonds is 6. The van der Waals surface area contributed by atoms with Gasteiger partial charge in [0, 0.05) is 13.1 Å². The molecule has 0 aromatic carbocycles. The third-order valence-corrected chi connectivity index (χ3v) is 4.17. The van der Waals surface area contributed by atoms with Crippen LogP contribution < -0.4 is 0 Å². The number of amides is 1. The number of carbonyl (C=O) groups excluding carboxylic acids is 2. The lowest BCUT2D eigenvalue weighted by molar-refractivity contribution is -0.148. The fourth-order valence-corrected chi connectivity index (χ4v) is 2.67. The van der Waals surface area contributed by atoms with Gasteiger partial charge in [-0.2, -0.15) is 0 Å². The number of carbonyl (C=O) groups is 2. The van der Waals surface area contributed by atoms with E-state index in [1.165, 1.54) is 7.11 Å². The monoisotopic (exact) mass is 321 g/mol. The number of esters is 1. The van der Waals surface area contributed by atoms with E-state index in [1.807, 2.05) is 0 Å². The zero-order valence-electron chi connectivity index (χ0n) is 14.3. The van der Waals surface area contributed by atoms with Crippen LogP contribution in [-0.2, 0) is 14.3 Å². The lowest BCUT2D eigenvalue weighted by Gasteiger charge is -2.37. The van der Waals surface area contributed by atoms with Crippen molar-refractivity contribution in [2.75, 3.05) is 26.8 Å². The van der Waals surface area contributed by atoms with E-state index in [-0.39, 0.29) is 24.4 Å². The van der Waals surface area contributed by atoms with Gasteiger partial charge in [0.15, 0.2) is 0 Å². The Balaban J connectivity index is 2.73. The highest BCUT2D eigenvalue weighted by molar-refractivity contribution is 5.75. The summed E-state index contributed by atoms with van der Waals surface area (Å²) in [6, 6.07) is 0. The van der Waals surface area contributed by atoms with E-state index < -0.39 is 6.09 Å². The molecule has 128 valence electrons. The molecule has 1 amide bonds. The van der Waals surface area contributed by atoms with Gasteiger partial charge in [-0.15, -0.1) is 0 Å². The molecule has 1 aliphatic rings. The van der Waals surface area contributed by atoms with Crippen molar-refractivity contribution in [1.82, 2.24) is 4.90 Å². The first-order chi connectivity index (χ1) is 10.9. The first-order valence-electron chi connectivity index (χ1n) is 7.86. The number of hydrogen-bond donors (Lipinski definition) is 0. The lowest BCUT2D eigenvalue weighted by atomic mass is 9.82. The smallest absolute Gasteiger partial charge is 0.410 e. The number of ether oxygens (including phenoxy) is 2. The van der Waals surface area contributed by atoms with Crippen LogP contribution in [0.1, 0.15) is 20.3 Å². The summed E-state index contributed by atoms with van der Waals surface area (Å²) in [5.74, 6) is 0.0629. The van der Waals surface area contributed by atoms with E-state index in [1.54, 1.807) is 23.1 Å². The van der Waals surface area contributed by atoms with Gasteiger partial charge in [-0.3, -0.25) is 4.79 Å². The molecule has 0 spiro atoms. The van der Waals surface area contributed by atoms with Crippen LogP contribution in [0, 0.1) is 17.8 Å². The van der Waals surface area contributed by atoms with E-state index in [0.29, 0.717) is 19.0 Å². The summed E-state index contributed by atoms with van der Waals surface area (Å²) in [5, 5.41) is 0. The van der Waals surface area contributed by atoms with Gasteiger partial charge in [0.2, 0.25) is 0 Å². The Morgan fingerprint density at radius 2 is 2.00 bits per heavy atom. The first-order valence-corrected chi connectivity index (χ1v) is 7.86. The Labute approximate surface area is 138 Å². The van der Waals surface area contributed by atoms with Crippen molar-refractivity contribution in [2.45, 2.75) is 20.3 Å². The average Bonchev–Trinajstić information content (AvgIpc) is 2.56. The van der Waals surface area contributed by atoms with Crippen LogP contribution in [-0.4, -0.2) is 43.8 Å². The maximum Gasteiger partial charge on any atom is 0.410 e. The van der Waals surface area contributed by atoms with E-state index in [4.69, 9.17) is 9.47 Å². The number of hydrogen-bond acceptors (Lipinski definition) is 4. The first kappa shape index (κ1) is 19.0. The van der Waals surface area contributed by atoms with Gasteiger partial charge < -0.3 is 14.4 Å². The molecule has 23 heavy (non-hydrogen) atoms. The second kappa shape index (κ2) is 9.18. The molecule has 0 aromatic heterocycles. The largest absolute Gasteiger partial charge is 0.469 e. The number of piperidine rings is 1. The molecule has 0 bridgehead atoms. The highest BCUT2D eigenvalue weighted by Gasteiger charge is 2.36. The molecule has 1 rings (SSSR count). The Bertz CT molecular complexity index is 481. The summed E-state index contributed by atoms with van der Waals surface area (Å²) in [7, 11) is 1.38. The minimum absolute atomic E-state index is 0.139. The molecule has 2 atom stereocenters. The topological polar surface area (TPSA) is 55.8 Å². The Hall–Kier alpha value is -2.04. The third-order valence-electron chi connectivity index (χ3n) is 4.17. The third kappa shape index (κ3) is 5.58. The lowest BCUT2D eigenvalue weighted by Crippen LogP contribution is -2.47. The predicted octanol–water partition coefficient (Wildman–Crippen LogP) is 3.19. The fourth-order valence-electron chi connectivity index (χ4n) is 2.67. The molecular formula is C18H27NO4. The quantitative estimate of drug-likeness (QED) is 0.557. The maximum atomic E-state index is 12.3. The van der Waals surface area contributed by atoms with Crippen LogP contribution >= 0.6 is 0 Å². The molecule has 1 fully saturated rings. The van der Waals surface area contributed by atoms with Crippen LogP contribution in [0.2, 0.25) is 0 Å². The van der Waals surface area contributed by atoms with Crippen molar-refractivity contribution < 1.29 is 19.1 Å². The standard InChI is InChI=1S/C18H27NO4/c1-6-8-14(7-2)12-23-18(21)19-10-15(13(3)4)9-16(11-19)17(20)22-5/h6-8,13,15-16H,1-2,9-12H2,3-5H3/b14-8+. The number of allylic oxidation sites excluding steroid dienone is 2. The average molecular weight is 321 g/mol. The van der Waals surface area contributed by atoms with Crippen LogP contribution in [0.15, 0.2) is 37.0 Å². The Kier molecular flexibility index (Phi) is 7.59. The zero-order valence-corrected chi connectivity index (χ0v) is 14.3. The SMILES string of the molecule is C=C/C=C(\C=C)COC(=O)N1CC(C(=O)OC)CC(C(C)C)C1. The minimum atomic E-state index is -0.416. The molecule has 5 heteroatoms. The molecule has 0 N–H and O–H groups in total. The van der Waals surface area contributed by atoms with E-state index in [0.717, 1.165) is 12.0 Å². The van der Waals surface area contributed by atoms with Crippen molar-refractivity contribution in [1.29, 1.82) is 0 Å². The van der Waals surface area contributed by atoms with Gasteiger partial charge in [-0.25, -0.2) is 4.79 Å². The van der Waals surface area contributed by atoms with Crippen LogP contribution in [0.4, 0.5) is 4.79 Å². The highest BCUT2D eigenvalue weighted by atomic mass is 16.6. The zero-order chi connectivity index (χ0) is 17.4. The number of nitrogens with zero attached hydrogens (tertiary/aromatic N) is 1. The van der Waals surface area contributed by atoms with Crippen LogP contribution in [0.25, 0.3) is 0 Å². The maximum absolute atomic E-state index is 12.3. The molecule has 0 radical (unpaired) electrons. The fraction of sp³-hybridized carbons (Fsp3) is 0.556. The molecule has 0 saturated carbocycles. The minimum Gasteiger partial charge on any atom is -0.469 e.